The first-order valence-electron chi connectivity index (χ1n) is 6.90. The molecular formula is C15H13F2N5O2. The van der Waals surface area contributed by atoms with Crippen LogP contribution in [0.15, 0.2) is 22.9 Å². The molecule has 0 atom stereocenters. The Bertz CT molecular complexity index is 955. The average molecular weight is 333 g/mol. The fourth-order valence-electron chi connectivity index (χ4n) is 2.21. The molecule has 2 amide bonds. The molecule has 4 N–H and O–H groups in total. The summed E-state index contributed by atoms with van der Waals surface area (Å²) in [4.78, 5) is 20.0. The van der Waals surface area contributed by atoms with E-state index in [2.05, 4.69) is 20.6 Å². The molecule has 24 heavy (non-hydrogen) atoms. The normalized spacial score (nSPS) is 10.8. The molecule has 9 heteroatoms. The molecule has 2 aromatic heterocycles. The molecule has 1 aromatic carbocycles. The molecule has 3 rings (SSSR count). The number of anilines is 3. The van der Waals surface area contributed by atoms with Crippen LogP contribution in [0.2, 0.25) is 0 Å². The summed E-state index contributed by atoms with van der Waals surface area (Å²) in [5.41, 5.74) is 5.50. The fourth-order valence-corrected chi connectivity index (χ4v) is 2.21. The van der Waals surface area contributed by atoms with E-state index in [-0.39, 0.29) is 11.5 Å². The van der Waals surface area contributed by atoms with Gasteiger partial charge in [0.1, 0.15) is 29.4 Å². The fraction of sp³-hybridized carbons (Fsp3) is 0.133. The van der Waals surface area contributed by atoms with Crippen LogP contribution in [-0.4, -0.2) is 16.0 Å². The van der Waals surface area contributed by atoms with Crippen molar-refractivity contribution in [3.05, 3.63) is 41.4 Å². The highest BCUT2D eigenvalue weighted by molar-refractivity contribution is 6.04. The number of halogens is 2. The van der Waals surface area contributed by atoms with Gasteiger partial charge in [-0.2, -0.15) is 0 Å². The van der Waals surface area contributed by atoms with Crippen LogP contribution in [0, 0.1) is 25.5 Å². The maximum Gasteiger partial charge on any atom is 0.325 e. The van der Waals surface area contributed by atoms with Crippen molar-refractivity contribution >= 4 is 34.3 Å². The number of rotatable bonds is 2. The lowest BCUT2D eigenvalue weighted by Crippen LogP contribution is -2.22. The summed E-state index contributed by atoms with van der Waals surface area (Å²) < 4.78 is 32.9. The number of carbonyl (C=O) groups is 1. The van der Waals surface area contributed by atoms with Crippen molar-refractivity contribution in [2.45, 2.75) is 13.8 Å². The molecule has 7 nitrogen and oxygen atoms in total. The Hall–Kier alpha value is -3.23. The number of aromatic nitrogens is 2. The lowest BCUT2D eigenvalue weighted by Gasteiger charge is -2.10. The van der Waals surface area contributed by atoms with Crippen molar-refractivity contribution in [2.24, 2.45) is 0 Å². The Morgan fingerprint density at radius 3 is 2.71 bits per heavy atom. The third-order valence-electron chi connectivity index (χ3n) is 3.56. The predicted molar refractivity (Wildman–Crippen MR) is 84.7 cm³/mol. The summed E-state index contributed by atoms with van der Waals surface area (Å²) in [5.74, 6) is -1.20. The number of hydrogen-bond acceptors (Lipinski definition) is 5. The molecule has 0 aliphatic rings. The van der Waals surface area contributed by atoms with E-state index in [0.717, 1.165) is 17.7 Å². The van der Waals surface area contributed by atoms with Crippen LogP contribution in [0.5, 0.6) is 0 Å². The summed E-state index contributed by atoms with van der Waals surface area (Å²) in [6.45, 7) is 3.53. The topological polar surface area (TPSA) is 106 Å². The number of urea groups is 1. The highest BCUT2D eigenvalue weighted by Crippen LogP contribution is 2.28. The summed E-state index contributed by atoms with van der Waals surface area (Å²) in [7, 11) is 0. The van der Waals surface area contributed by atoms with Crippen molar-refractivity contribution in [1.29, 1.82) is 0 Å². The SMILES string of the molecule is Cc1oc2ncnc(NC(=O)Nc3c(F)ccc(N)c3F)c2c1C. The first kappa shape index (κ1) is 15.7. The third kappa shape index (κ3) is 2.60. The van der Waals surface area contributed by atoms with Gasteiger partial charge in [-0.05, 0) is 26.0 Å². The van der Waals surface area contributed by atoms with E-state index in [1.807, 2.05) is 0 Å². The van der Waals surface area contributed by atoms with Gasteiger partial charge in [0.25, 0.3) is 0 Å². The van der Waals surface area contributed by atoms with Crippen LogP contribution >= 0.6 is 0 Å². The Kier molecular flexibility index (Phi) is 3.76. The zero-order chi connectivity index (χ0) is 17.4. The molecule has 0 unspecified atom stereocenters. The van der Waals surface area contributed by atoms with Gasteiger partial charge in [0.15, 0.2) is 5.82 Å². The van der Waals surface area contributed by atoms with Crippen molar-refractivity contribution in [2.75, 3.05) is 16.4 Å². The Morgan fingerprint density at radius 1 is 1.21 bits per heavy atom. The van der Waals surface area contributed by atoms with Gasteiger partial charge in [-0.1, -0.05) is 0 Å². The third-order valence-corrected chi connectivity index (χ3v) is 3.56. The molecule has 124 valence electrons. The second-order valence-corrected chi connectivity index (χ2v) is 5.09. The Morgan fingerprint density at radius 2 is 1.96 bits per heavy atom. The van der Waals surface area contributed by atoms with E-state index in [0.29, 0.717) is 16.9 Å². The standard InChI is InChI=1S/C15H13F2N5O2/c1-6-7(2)24-14-10(6)13(19-5-20-14)22-15(23)21-12-8(16)3-4-9(18)11(12)17/h3-5H,18H2,1-2H3,(H2,19,20,21,22,23). The van der Waals surface area contributed by atoms with Gasteiger partial charge in [-0.25, -0.2) is 23.5 Å². The zero-order valence-corrected chi connectivity index (χ0v) is 12.8. The van der Waals surface area contributed by atoms with Gasteiger partial charge in [0, 0.05) is 5.56 Å². The molecule has 2 heterocycles. The van der Waals surface area contributed by atoms with Crippen LogP contribution in [0.25, 0.3) is 11.1 Å². The monoisotopic (exact) mass is 333 g/mol. The molecule has 0 radical (unpaired) electrons. The van der Waals surface area contributed by atoms with Gasteiger partial charge in [-0.15, -0.1) is 0 Å². The van der Waals surface area contributed by atoms with Gasteiger partial charge in [0.2, 0.25) is 5.71 Å². The number of fused-ring (bicyclic) bond motifs is 1. The number of benzene rings is 1. The largest absolute Gasteiger partial charge is 0.443 e. The van der Waals surface area contributed by atoms with Crippen LogP contribution in [0.4, 0.5) is 30.8 Å². The van der Waals surface area contributed by atoms with Crippen molar-refractivity contribution in [3.63, 3.8) is 0 Å². The first-order valence-corrected chi connectivity index (χ1v) is 6.90. The minimum Gasteiger partial charge on any atom is -0.443 e. The van der Waals surface area contributed by atoms with E-state index in [9.17, 15) is 13.6 Å². The van der Waals surface area contributed by atoms with Gasteiger partial charge in [-0.3, -0.25) is 5.32 Å². The Balaban J connectivity index is 1.90. The van der Waals surface area contributed by atoms with Gasteiger partial charge < -0.3 is 15.5 Å². The number of furan rings is 1. The molecule has 0 saturated heterocycles. The lowest BCUT2D eigenvalue weighted by atomic mass is 10.2. The number of nitrogens with two attached hydrogens (primary N) is 1. The number of nitrogens with one attached hydrogen (secondary N) is 2. The summed E-state index contributed by atoms with van der Waals surface area (Å²) in [6, 6.07) is 1.15. The molecular weight excluding hydrogens is 320 g/mol. The zero-order valence-electron chi connectivity index (χ0n) is 12.8. The van der Waals surface area contributed by atoms with Gasteiger partial charge >= 0.3 is 6.03 Å². The van der Waals surface area contributed by atoms with Crippen molar-refractivity contribution in [3.8, 4) is 0 Å². The molecule has 3 aromatic rings. The predicted octanol–water partition coefficient (Wildman–Crippen LogP) is 3.34. The van der Waals surface area contributed by atoms with Crippen molar-refractivity contribution in [1.82, 2.24) is 9.97 Å². The van der Waals surface area contributed by atoms with Crippen LogP contribution in [-0.2, 0) is 0 Å². The van der Waals surface area contributed by atoms with E-state index >= 15 is 0 Å². The molecule has 0 saturated carbocycles. The average Bonchev–Trinajstić information content (AvgIpc) is 2.83. The Labute approximate surface area is 134 Å². The maximum absolute atomic E-state index is 13.8. The van der Waals surface area contributed by atoms with Crippen LogP contribution in [0.1, 0.15) is 11.3 Å². The molecule has 0 aliphatic heterocycles. The van der Waals surface area contributed by atoms with E-state index < -0.39 is 23.4 Å². The van der Waals surface area contributed by atoms with Crippen LogP contribution in [0.3, 0.4) is 0 Å². The van der Waals surface area contributed by atoms with E-state index in [1.54, 1.807) is 13.8 Å². The second-order valence-electron chi connectivity index (χ2n) is 5.09. The summed E-state index contributed by atoms with van der Waals surface area (Å²) in [5, 5.41) is 5.03. The minimum absolute atomic E-state index is 0.163. The van der Waals surface area contributed by atoms with Gasteiger partial charge in [0.05, 0.1) is 11.1 Å². The molecule has 0 fully saturated rings. The molecule has 0 spiro atoms. The first-order chi connectivity index (χ1) is 11.4. The lowest BCUT2D eigenvalue weighted by molar-refractivity contribution is 0.262. The molecule has 0 aliphatic carbocycles. The maximum atomic E-state index is 13.8. The van der Waals surface area contributed by atoms with Crippen LogP contribution < -0.4 is 16.4 Å². The minimum atomic E-state index is -1.05. The van der Waals surface area contributed by atoms with E-state index in [1.165, 1.54) is 6.33 Å². The quantitative estimate of drug-likeness (QED) is 0.624. The summed E-state index contributed by atoms with van der Waals surface area (Å²) >= 11 is 0. The highest BCUT2D eigenvalue weighted by Gasteiger charge is 2.18. The number of aryl methyl sites for hydroxylation is 2. The smallest absolute Gasteiger partial charge is 0.325 e. The molecule has 0 bridgehead atoms. The van der Waals surface area contributed by atoms with E-state index in [4.69, 9.17) is 10.2 Å². The number of nitrogen functional groups attached to an aromatic ring is 1. The highest BCUT2D eigenvalue weighted by atomic mass is 19.1. The number of carbonyl (C=O) groups excluding carboxylic acids is 1. The summed E-state index contributed by atoms with van der Waals surface area (Å²) in [6.07, 6.45) is 1.21. The second kappa shape index (κ2) is 5.76. The number of hydrogen-bond donors (Lipinski definition) is 3. The number of nitrogens with zero attached hydrogens (tertiary/aromatic N) is 2. The number of amides is 2. The van der Waals surface area contributed by atoms with Crippen molar-refractivity contribution < 1.29 is 18.0 Å².